The number of nitrogens with zero attached hydrogens (tertiary/aromatic N) is 3. The van der Waals surface area contributed by atoms with Gasteiger partial charge < -0.3 is 19.4 Å². The summed E-state index contributed by atoms with van der Waals surface area (Å²) in [5.74, 6) is 0.940. The van der Waals surface area contributed by atoms with Crippen LogP contribution in [-0.4, -0.2) is 39.6 Å². The minimum absolute atomic E-state index is 0.258. The van der Waals surface area contributed by atoms with Crippen LogP contribution in [0.5, 0.6) is 0 Å². The molecule has 1 aliphatic heterocycles. The van der Waals surface area contributed by atoms with Gasteiger partial charge in [-0.15, -0.1) is 22.0 Å². The molecule has 2 heterocycles. The molecule has 1 aliphatic rings. The van der Waals surface area contributed by atoms with Crippen molar-refractivity contribution in [2.24, 2.45) is 0 Å². The predicted molar refractivity (Wildman–Crippen MR) is 153 cm³/mol. The summed E-state index contributed by atoms with van der Waals surface area (Å²) in [5, 5.41) is 11.9. The quantitative estimate of drug-likeness (QED) is 0.336. The average molecular weight is 622 g/mol. The van der Waals surface area contributed by atoms with Crippen molar-refractivity contribution < 1.29 is 18.7 Å². The number of carbonyl (C=O) groups excluding carboxylic acids is 2. The van der Waals surface area contributed by atoms with Crippen molar-refractivity contribution in [2.75, 3.05) is 10.7 Å². The molecule has 2 amide bonds. The van der Waals surface area contributed by atoms with Crippen molar-refractivity contribution in [3.05, 3.63) is 57.3 Å². The number of fused-ring (bicyclic) bond motifs is 1. The maximum absolute atomic E-state index is 13.9. The number of hydrogen-bond acceptors (Lipinski definition) is 7. The van der Waals surface area contributed by atoms with Gasteiger partial charge in [-0.3, -0.25) is 4.79 Å². The van der Waals surface area contributed by atoms with Crippen LogP contribution in [0.1, 0.15) is 53.0 Å². The van der Waals surface area contributed by atoms with Crippen molar-refractivity contribution in [3.63, 3.8) is 0 Å². The normalized spacial score (nSPS) is 16.2. The van der Waals surface area contributed by atoms with E-state index in [1.807, 2.05) is 45.0 Å². The van der Waals surface area contributed by atoms with E-state index in [4.69, 9.17) is 20.8 Å². The second-order valence-electron chi connectivity index (χ2n) is 11.0. The van der Waals surface area contributed by atoms with E-state index in [-0.39, 0.29) is 17.9 Å². The zero-order valence-corrected chi connectivity index (χ0v) is 25.3. The van der Waals surface area contributed by atoms with Gasteiger partial charge >= 0.3 is 6.09 Å². The standard InChI is InChI=1S/C27H30BrClN4O4S/c1-26(2,3)24-32-31-22(36-24)17-11-20-21(12-18(17)28)38-14-19(30-25(35)37-27(4,5)6)23(34)33(20)13-15-7-9-16(29)10-8-15/h7-12,19H,13-14H2,1-6H3,(H,30,35)/t19-/m0/s1. The molecule has 38 heavy (non-hydrogen) atoms. The second kappa shape index (κ2) is 10.9. The minimum Gasteiger partial charge on any atom is -0.444 e. The van der Waals surface area contributed by atoms with Crippen molar-refractivity contribution in [1.82, 2.24) is 15.5 Å². The van der Waals surface area contributed by atoms with Gasteiger partial charge in [-0.25, -0.2) is 4.79 Å². The SMILES string of the molecule is CC(C)(C)OC(=O)N[C@H]1CSc2cc(Br)c(-c3nnc(C(C)(C)C)o3)cc2N(Cc2ccc(Cl)cc2)C1=O. The molecule has 4 rings (SSSR count). The van der Waals surface area contributed by atoms with Gasteiger partial charge in [0.2, 0.25) is 11.8 Å². The van der Waals surface area contributed by atoms with Gasteiger partial charge in [0.05, 0.1) is 17.8 Å². The predicted octanol–water partition coefficient (Wildman–Crippen LogP) is 6.98. The number of anilines is 1. The zero-order valence-electron chi connectivity index (χ0n) is 22.1. The molecule has 3 aromatic rings. The molecule has 1 atom stereocenters. The summed E-state index contributed by atoms with van der Waals surface area (Å²) in [6.07, 6.45) is -0.642. The number of alkyl carbamates (subject to hydrolysis) is 1. The highest BCUT2D eigenvalue weighted by atomic mass is 79.9. The van der Waals surface area contributed by atoms with E-state index in [9.17, 15) is 9.59 Å². The Hall–Kier alpha value is -2.56. The second-order valence-corrected chi connectivity index (χ2v) is 13.4. The average Bonchev–Trinajstić information content (AvgIpc) is 3.27. The molecule has 0 fully saturated rings. The lowest BCUT2D eigenvalue weighted by Gasteiger charge is -2.27. The fraction of sp³-hybridized carbons (Fsp3) is 0.407. The zero-order chi connectivity index (χ0) is 27.8. The number of amides is 2. The topological polar surface area (TPSA) is 97.6 Å². The van der Waals surface area contributed by atoms with Crippen LogP contribution >= 0.6 is 39.3 Å². The van der Waals surface area contributed by atoms with E-state index in [1.54, 1.807) is 37.8 Å². The molecule has 1 aromatic heterocycles. The third-order valence-electron chi connectivity index (χ3n) is 5.55. The first-order chi connectivity index (χ1) is 17.7. The number of rotatable bonds is 4. The van der Waals surface area contributed by atoms with E-state index < -0.39 is 17.7 Å². The van der Waals surface area contributed by atoms with E-state index in [1.165, 1.54) is 11.8 Å². The number of halogens is 2. The van der Waals surface area contributed by atoms with Crippen LogP contribution in [0.4, 0.5) is 10.5 Å². The molecule has 8 nitrogen and oxygen atoms in total. The van der Waals surface area contributed by atoms with Crippen molar-refractivity contribution in [2.45, 2.75) is 70.0 Å². The number of carbonyl (C=O) groups is 2. The van der Waals surface area contributed by atoms with E-state index in [0.29, 0.717) is 33.8 Å². The Morgan fingerprint density at radius 3 is 2.47 bits per heavy atom. The van der Waals surface area contributed by atoms with Gasteiger partial charge in [0.15, 0.2) is 0 Å². The molecule has 202 valence electrons. The number of nitrogens with one attached hydrogen (secondary N) is 1. The van der Waals surface area contributed by atoms with Crippen LogP contribution in [0, 0.1) is 0 Å². The number of ether oxygens (including phenoxy) is 1. The monoisotopic (exact) mass is 620 g/mol. The largest absolute Gasteiger partial charge is 0.444 e. The Kier molecular flexibility index (Phi) is 8.16. The summed E-state index contributed by atoms with van der Waals surface area (Å²) in [6, 6.07) is 10.3. The molecule has 0 unspecified atom stereocenters. The Morgan fingerprint density at radius 1 is 1.18 bits per heavy atom. The van der Waals surface area contributed by atoms with Gasteiger partial charge in [0.1, 0.15) is 11.6 Å². The van der Waals surface area contributed by atoms with E-state index >= 15 is 0 Å². The van der Waals surface area contributed by atoms with Gasteiger partial charge in [-0.2, -0.15) is 0 Å². The summed E-state index contributed by atoms with van der Waals surface area (Å²) < 4.78 is 12.2. The molecule has 0 bridgehead atoms. The lowest BCUT2D eigenvalue weighted by atomic mass is 9.97. The summed E-state index contributed by atoms with van der Waals surface area (Å²) in [5.41, 5.74) is 1.23. The summed E-state index contributed by atoms with van der Waals surface area (Å²) in [7, 11) is 0. The maximum atomic E-state index is 13.9. The summed E-state index contributed by atoms with van der Waals surface area (Å²) in [4.78, 5) is 29.0. The first kappa shape index (κ1) is 28.4. The minimum atomic E-state index is -0.798. The number of benzene rings is 2. The molecule has 1 N–H and O–H groups in total. The fourth-order valence-electron chi connectivity index (χ4n) is 3.71. The lowest BCUT2D eigenvalue weighted by Crippen LogP contribution is -2.50. The van der Waals surface area contributed by atoms with Crippen LogP contribution in [0.15, 0.2) is 50.2 Å². The summed E-state index contributed by atoms with van der Waals surface area (Å²) >= 11 is 11.2. The Labute approximate surface area is 240 Å². The molecule has 0 aliphatic carbocycles. The molecular weight excluding hydrogens is 592 g/mol. The van der Waals surface area contributed by atoms with Gasteiger partial charge in [-0.05, 0) is 66.5 Å². The number of thioether (sulfide) groups is 1. The van der Waals surface area contributed by atoms with Crippen LogP contribution in [0.25, 0.3) is 11.5 Å². The first-order valence-corrected chi connectivity index (χ1v) is 14.2. The molecule has 0 radical (unpaired) electrons. The highest BCUT2D eigenvalue weighted by molar-refractivity contribution is 9.10. The van der Waals surface area contributed by atoms with Crippen LogP contribution < -0.4 is 10.2 Å². The van der Waals surface area contributed by atoms with E-state index in [2.05, 4.69) is 31.4 Å². The molecule has 11 heteroatoms. The molecule has 0 saturated carbocycles. The smallest absolute Gasteiger partial charge is 0.408 e. The van der Waals surface area contributed by atoms with Crippen molar-refractivity contribution in [3.8, 4) is 11.5 Å². The third kappa shape index (κ3) is 6.71. The van der Waals surface area contributed by atoms with Gasteiger partial charge in [0, 0.05) is 25.6 Å². The Balaban J connectivity index is 1.75. The van der Waals surface area contributed by atoms with Gasteiger partial charge in [-0.1, -0.05) is 44.5 Å². The molecular formula is C27H30BrClN4O4S. The van der Waals surface area contributed by atoms with Crippen LogP contribution in [0.2, 0.25) is 5.02 Å². The fourth-order valence-corrected chi connectivity index (χ4v) is 5.59. The molecule has 2 aromatic carbocycles. The third-order valence-corrected chi connectivity index (χ3v) is 7.60. The van der Waals surface area contributed by atoms with Crippen LogP contribution in [-0.2, 0) is 21.5 Å². The lowest BCUT2D eigenvalue weighted by molar-refractivity contribution is -0.120. The highest BCUT2D eigenvalue weighted by Gasteiger charge is 2.34. The summed E-state index contributed by atoms with van der Waals surface area (Å²) in [6.45, 7) is 11.6. The van der Waals surface area contributed by atoms with Crippen molar-refractivity contribution in [1.29, 1.82) is 0 Å². The number of aromatic nitrogens is 2. The van der Waals surface area contributed by atoms with Gasteiger partial charge in [0.25, 0.3) is 5.91 Å². The molecule has 0 spiro atoms. The Morgan fingerprint density at radius 2 is 1.87 bits per heavy atom. The first-order valence-electron chi connectivity index (χ1n) is 12.1. The Bertz CT molecular complexity index is 1350. The van der Waals surface area contributed by atoms with E-state index in [0.717, 1.165) is 14.9 Å². The maximum Gasteiger partial charge on any atom is 0.408 e. The number of hydrogen-bond donors (Lipinski definition) is 1. The van der Waals surface area contributed by atoms with Crippen molar-refractivity contribution >= 4 is 57.0 Å². The van der Waals surface area contributed by atoms with Crippen LogP contribution in [0.3, 0.4) is 0 Å². The molecule has 0 saturated heterocycles. The highest BCUT2D eigenvalue weighted by Crippen LogP contribution is 2.42.